The highest BCUT2D eigenvalue weighted by Crippen LogP contribution is 2.28. The maximum absolute atomic E-state index is 12.9. The van der Waals surface area contributed by atoms with E-state index in [1.165, 1.54) is 32.1 Å². The normalized spacial score (nSPS) is 15.3. The molecule has 8 nitrogen and oxygen atoms in total. The lowest BCUT2D eigenvalue weighted by atomic mass is 10.3. The second-order valence-electron chi connectivity index (χ2n) is 6.56. The first-order valence-electron chi connectivity index (χ1n) is 9.07. The zero-order chi connectivity index (χ0) is 21.3. The summed E-state index contributed by atoms with van der Waals surface area (Å²) in [5.74, 6) is -0.351. The Labute approximate surface area is 182 Å². The summed E-state index contributed by atoms with van der Waals surface area (Å²) < 4.78 is 28.5. The van der Waals surface area contributed by atoms with Crippen molar-refractivity contribution in [3.63, 3.8) is 0 Å². The third-order valence-electron chi connectivity index (χ3n) is 4.69. The molecule has 0 atom stereocenters. The van der Waals surface area contributed by atoms with Crippen molar-refractivity contribution in [2.24, 2.45) is 0 Å². The largest absolute Gasteiger partial charge is 0.335 e. The Kier molecular flexibility index (Phi) is 5.74. The molecular formula is C19H17ClN4O4S2. The van der Waals surface area contributed by atoms with Crippen molar-refractivity contribution in [2.45, 2.75) is 4.21 Å². The minimum Gasteiger partial charge on any atom is -0.335 e. The Morgan fingerprint density at radius 2 is 1.67 bits per heavy atom. The molecule has 0 saturated carbocycles. The quantitative estimate of drug-likeness (QED) is 0.589. The van der Waals surface area contributed by atoms with Crippen molar-refractivity contribution in [1.29, 1.82) is 0 Å². The molecule has 2 aromatic heterocycles. The van der Waals surface area contributed by atoms with E-state index in [2.05, 4.69) is 5.10 Å². The molecule has 4 rings (SSSR count). The van der Waals surface area contributed by atoms with Crippen molar-refractivity contribution in [3.05, 3.63) is 75.0 Å². The second kappa shape index (κ2) is 8.31. The highest BCUT2D eigenvalue weighted by molar-refractivity contribution is 7.91. The zero-order valence-corrected chi connectivity index (χ0v) is 18.0. The highest BCUT2D eigenvalue weighted by Gasteiger charge is 2.31. The predicted octanol–water partition coefficient (Wildman–Crippen LogP) is 2.09. The minimum atomic E-state index is -3.63. The molecule has 3 heterocycles. The molecule has 156 valence electrons. The van der Waals surface area contributed by atoms with Crippen LogP contribution >= 0.6 is 22.9 Å². The number of carbonyl (C=O) groups is 1. The van der Waals surface area contributed by atoms with Gasteiger partial charge in [0.1, 0.15) is 9.90 Å². The molecule has 0 spiro atoms. The van der Waals surface area contributed by atoms with Crippen LogP contribution in [-0.2, 0) is 10.0 Å². The smallest absolute Gasteiger partial charge is 0.274 e. The van der Waals surface area contributed by atoms with Crippen LogP contribution in [0, 0.1) is 0 Å². The monoisotopic (exact) mass is 464 g/mol. The Morgan fingerprint density at radius 1 is 0.967 bits per heavy atom. The summed E-state index contributed by atoms with van der Waals surface area (Å²) in [4.78, 5) is 26.6. The summed E-state index contributed by atoms with van der Waals surface area (Å²) in [6, 6.07) is 14.5. The third kappa shape index (κ3) is 4.04. The van der Waals surface area contributed by atoms with Gasteiger partial charge in [-0.2, -0.15) is 14.1 Å². The number of piperazine rings is 1. The fourth-order valence-corrected chi connectivity index (χ4v) is 6.20. The summed E-state index contributed by atoms with van der Waals surface area (Å²) in [5, 5.41) is 4.20. The van der Waals surface area contributed by atoms with Crippen LogP contribution in [0.3, 0.4) is 0 Å². The van der Waals surface area contributed by atoms with E-state index < -0.39 is 10.0 Å². The van der Waals surface area contributed by atoms with Gasteiger partial charge in [0.2, 0.25) is 0 Å². The first kappa shape index (κ1) is 20.7. The van der Waals surface area contributed by atoms with Crippen molar-refractivity contribution < 1.29 is 13.2 Å². The number of rotatable bonds is 4. The van der Waals surface area contributed by atoms with Gasteiger partial charge in [0, 0.05) is 32.2 Å². The van der Waals surface area contributed by atoms with Crippen LogP contribution in [0.4, 0.5) is 0 Å². The Balaban J connectivity index is 1.49. The summed E-state index contributed by atoms with van der Waals surface area (Å²) in [7, 11) is -3.63. The molecule has 1 aliphatic rings. The van der Waals surface area contributed by atoms with E-state index in [9.17, 15) is 18.0 Å². The Hall–Kier alpha value is -2.53. The SMILES string of the molecule is O=C(c1ccc(=O)n(-c2ccccc2)n1)N1CCN(S(=O)(=O)c2ccc(Cl)s2)CC1. The standard InChI is InChI=1S/C19H17ClN4O4S2/c20-16-7-9-18(29-16)30(27,28)23-12-10-22(11-13-23)19(26)15-6-8-17(25)24(21-15)14-4-2-1-3-5-14/h1-9H,10-13H2. The maximum atomic E-state index is 12.9. The molecule has 30 heavy (non-hydrogen) atoms. The summed E-state index contributed by atoms with van der Waals surface area (Å²) >= 11 is 6.86. The lowest BCUT2D eigenvalue weighted by Crippen LogP contribution is -2.50. The molecule has 1 aromatic carbocycles. The molecule has 0 aliphatic carbocycles. The van der Waals surface area contributed by atoms with Gasteiger partial charge in [-0.1, -0.05) is 29.8 Å². The van der Waals surface area contributed by atoms with E-state index in [1.54, 1.807) is 30.3 Å². The van der Waals surface area contributed by atoms with Crippen molar-refractivity contribution in [2.75, 3.05) is 26.2 Å². The first-order chi connectivity index (χ1) is 14.4. The number of hydrogen-bond donors (Lipinski definition) is 0. The van der Waals surface area contributed by atoms with E-state index in [1.807, 2.05) is 6.07 Å². The van der Waals surface area contributed by atoms with E-state index in [4.69, 9.17) is 11.6 Å². The Morgan fingerprint density at radius 3 is 2.30 bits per heavy atom. The summed E-state index contributed by atoms with van der Waals surface area (Å²) in [5.41, 5.74) is 0.339. The average Bonchev–Trinajstić information content (AvgIpc) is 3.21. The molecule has 0 N–H and O–H groups in total. The maximum Gasteiger partial charge on any atom is 0.274 e. The first-order valence-corrected chi connectivity index (χ1v) is 11.7. The van der Waals surface area contributed by atoms with E-state index >= 15 is 0 Å². The molecule has 1 fully saturated rings. The number of hydrogen-bond acceptors (Lipinski definition) is 6. The number of aromatic nitrogens is 2. The molecule has 1 saturated heterocycles. The molecule has 1 amide bonds. The average molecular weight is 465 g/mol. The van der Waals surface area contributed by atoms with Crippen LogP contribution in [0.1, 0.15) is 10.5 Å². The van der Waals surface area contributed by atoms with Crippen LogP contribution in [0.5, 0.6) is 0 Å². The van der Waals surface area contributed by atoms with Crippen LogP contribution in [-0.4, -0.2) is 59.5 Å². The number of halogens is 1. The molecule has 0 unspecified atom stereocenters. The molecular weight excluding hydrogens is 448 g/mol. The number of benzene rings is 1. The van der Waals surface area contributed by atoms with Crippen LogP contribution < -0.4 is 5.56 Å². The van der Waals surface area contributed by atoms with Gasteiger partial charge in [-0.25, -0.2) is 8.42 Å². The number of para-hydroxylation sites is 1. The fraction of sp³-hybridized carbons (Fsp3) is 0.211. The third-order valence-corrected chi connectivity index (χ3v) is 8.29. The van der Waals surface area contributed by atoms with Crippen molar-refractivity contribution in [1.82, 2.24) is 19.0 Å². The molecule has 0 bridgehead atoms. The van der Waals surface area contributed by atoms with Gasteiger partial charge in [0.25, 0.3) is 21.5 Å². The summed E-state index contributed by atoms with van der Waals surface area (Å²) in [6.45, 7) is 0.788. The van der Waals surface area contributed by atoms with E-state index in [0.29, 0.717) is 10.0 Å². The molecule has 3 aromatic rings. The van der Waals surface area contributed by atoms with Gasteiger partial charge in [0.05, 0.1) is 10.0 Å². The van der Waals surface area contributed by atoms with Gasteiger partial charge in [0.15, 0.2) is 0 Å². The lowest BCUT2D eigenvalue weighted by Gasteiger charge is -2.33. The van der Waals surface area contributed by atoms with Gasteiger partial charge in [-0.15, -0.1) is 11.3 Å². The van der Waals surface area contributed by atoms with E-state index in [0.717, 1.165) is 11.3 Å². The molecule has 11 heteroatoms. The zero-order valence-electron chi connectivity index (χ0n) is 15.6. The van der Waals surface area contributed by atoms with Crippen molar-refractivity contribution >= 4 is 38.9 Å². The predicted molar refractivity (Wildman–Crippen MR) is 114 cm³/mol. The van der Waals surface area contributed by atoms with Crippen LogP contribution in [0.25, 0.3) is 5.69 Å². The number of sulfonamides is 1. The number of amides is 1. The van der Waals surface area contributed by atoms with Crippen molar-refractivity contribution in [3.8, 4) is 5.69 Å². The second-order valence-corrected chi connectivity index (χ2v) is 10.4. The molecule has 0 radical (unpaired) electrons. The molecule has 1 aliphatic heterocycles. The number of carbonyl (C=O) groups excluding carboxylic acids is 1. The van der Waals surface area contributed by atoms with Gasteiger partial charge >= 0.3 is 0 Å². The highest BCUT2D eigenvalue weighted by atomic mass is 35.5. The van der Waals surface area contributed by atoms with Crippen LogP contribution in [0.2, 0.25) is 4.34 Å². The summed E-state index contributed by atoms with van der Waals surface area (Å²) in [6.07, 6.45) is 0. The number of thiophene rings is 1. The number of nitrogens with zero attached hydrogens (tertiary/aromatic N) is 4. The minimum absolute atomic E-state index is 0.125. The topological polar surface area (TPSA) is 92.6 Å². The van der Waals surface area contributed by atoms with Gasteiger partial charge in [-0.05, 0) is 30.3 Å². The fourth-order valence-electron chi connectivity index (χ4n) is 3.14. The Bertz CT molecular complexity index is 1230. The van der Waals surface area contributed by atoms with Gasteiger partial charge < -0.3 is 4.90 Å². The van der Waals surface area contributed by atoms with Gasteiger partial charge in [-0.3, -0.25) is 9.59 Å². The van der Waals surface area contributed by atoms with E-state index in [-0.39, 0.29) is 47.5 Å². The lowest BCUT2D eigenvalue weighted by molar-refractivity contribution is 0.0690. The van der Waals surface area contributed by atoms with Crippen LogP contribution in [0.15, 0.2) is 63.6 Å².